The van der Waals surface area contributed by atoms with E-state index in [0.717, 1.165) is 18.7 Å². The standard InChI is InChI=1S/C14H19N3/c1-3-14-16-10(2)12-7-4-8-13(17(12)14)11-6-5-9-15-11/h4,7-8,11,15H,3,5-6,9H2,1-2H3. The van der Waals surface area contributed by atoms with Gasteiger partial charge in [0.05, 0.1) is 11.2 Å². The summed E-state index contributed by atoms with van der Waals surface area (Å²) < 4.78 is 2.35. The Morgan fingerprint density at radius 3 is 3.06 bits per heavy atom. The molecule has 2 aromatic rings. The van der Waals surface area contributed by atoms with E-state index in [0.29, 0.717) is 6.04 Å². The molecule has 3 heteroatoms. The normalized spacial score (nSPS) is 20.2. The Kier molecular flexibility index (Phi) is 2.63. The Balaban J connectivity index is 2.22. The van der Waals surface area contributed by atoms with Crippen molar-refractivity contribution in [2.75, 3.05) is 6.54 Å². The van der Waals surface area contributed by atoms with Crippen LogP contribution in [0.25, 0.3) is 5.52 Å². The molecule has 1 N–H and O–H groups in total. The van der Waals surface area contributed by atoms with Gasteiger partial charge in [0.25, 0.3) is 0 Å². The van der Waals surface area contributed by atoms with Crippen molar-refractivity contribution < 1.29 is 0 Å². The fraction of sp³-hybridized carbons (Fsp3) is 0.500. The van der Waals surface area contributed by atoms with Crippen molar-refractivity contribution in [1.29, 1.82) is 0 Å². The molecule has 0 bridgehead atoms. The maximum atomic E-state index is 4.68. The fourth-order valence-corrected chi connectivity index (χ4v) is 2.84. The number of nitrogens with zero attached hydrogens (tertiary/aromatic N) is 2. The first kappa shape index (κ1) is 10.8. The zero-order valence-corrected chi connectivity index (χ0v) is 10.5. The number of hydrogen-bond donors (Lipinski definition) is 1. The zero-order chi connectivity index (χ0) is 11.8. The summed E-state index contributed by atoms with van der Waals surface area (Å²) in [7, 11) is 0. The lowest BCUT2D eigenvalue weighted by Gasteiger charge is -2.14. The van der Waals surface area contributed by atoms with E-state index in [1.165, 1.54) is 29.9 Å². The van der Waals surface area contributed by atoms with Gasteiger partial charge >= 0.3 is 0 Å². The van der Waals surface area contributed by atoms with Gasteiger partial charge in [0.1, 0.15) is 5.82 Å². The van der Waals surface area contributed by atoms with Gasteiger partial charge in [-0.15, -0.1) is 0 Å². The molecule has 3 rings (SSSR count). The van der Waals surface area contributed by atoms with Crippen molar-refractivity contribution >= 4 is 5.52 Å². The second-order valence-corrected chi connectivity index (χ2v) is 4.79. The Hall–Kier alpha value is -1.35. The summed E-state index contributed by atoms with van der Waals surface area (Å²) in [5, 5.41) is 3.58. The predicted molar refractivity (Wildman–Crippen MR) is 69.3 cm³/mol. The van der Waals surface area contributed by atoms with Crippen molar-refractivity contribution in [3.8, 4) is 0 Å². The van der Waals surface area contributed by atoms with Gasteiger partial charge < -0.3 is 5.32 Å². The van der Waals surface area contributed by atoms with Crippen molar-refractivity contribution in [3.63, 3.8) is 0 Å². The quantitative estimate of drug-likeness (QED) is 0.857. The molecule has 0 spiro atoms. The van der Waals surface area contributed by atoms with Crippen molar-refractivity contribution in [1.82, 2.24) is 14.7 Å². The Bertz CT molecular complexity index is 536. The molecule has 0 aliphatic carbocycles. The van der Waals surface area contributed by atoms with Gasteiger partial charge in [-0.3, -0.25) is 4.40 Å². The van der Waals surface area contributed by atoms with Gasteiger partial charge in [0.15, 0.2) is 0 Å². The molecule has 3 nitrogen and oxygen atoms in total. The number of aryl methyl sites for hydroxylation is 2. The zero-order valence-electron chi connectivity index (χ0n) is 10.5. The number of rotatable bonds is 2. The summed E-state index contributed by atoms with van der Waals surface area (Å²) in [6, 6.07) is 7.05. The van der Waals surface area contributed by atoms with Crippen molar-refractivity contribution in [3.05, 3.63) is 35.4 Å². The molecule has 17 heavy (non-hydrogen) atoms. The van der Waals surface area contributed by atoms with Gasteiger partial charge in [-0.2, -0.15) is 0 Å². The minimum Gasteiger partial charge on any atom is -0.309 e. The molecule has 0 amide bonds. The average molecular weight is 229 g/mol. The Labute approximate surface area is 102 Å². The SMILES string of the molecule is CCc1nc(C)c2cccc(C3CCCN3)n12. The molecule has 1 fully saturated rings. The second-order valence-electron chi connectivity index (χ2n) is 4.79. The van der Waals surface area contributed by atoms with Gasteiger partial charge in [-0.05, 0) is 38.4 Å². The highest BCUT2D eigenvalue weighted by Crippen LogP contribution is 2.26. The minimum absolute atomic E-state index is 0.498. The average Bonchev–Trinajstić information content (AvgIpc) is 2.97. The minimum atomic E-state index is 0.498. The van der Waals surface area contributed by atoms with Crippen LogP contribution in [-0.4, -0.2) is 15.9 Å². The monoisotopic (exact) mass is 229 g/mol. The lowest BCUT2D eigenvalue weighted by Crippen LogP contribution is -2.16. The second kappa shape index (κ2) is 4.15. The smallest absolute Gasteiger partial charge is 0.113 e. The van der Waals surface area contributed by atoms with Gasteiger partial charge in [0.2, 0.25) is 0 Å². The number of pyridine rings is 1. The van der Waals surface area contributed by atoms with E-state index in [4.69, 9.17) is 0 Å². The van der Waals surface area contributed by atoms with Crippen LogP contribution in [0.4, 0.5) is 0 Å². The summed E-state index contributed by atoms with van der Waals surface area (Å²) in [6.07, 6.45) is 3.49. The Morgan fingerprint density at radius 2 is 2.35 bits per heavy atom. The third kappa shape index (κ3) is 1.65. The van der Waals surface area contributed by atoms with Gasteiger partial charge in [0, 0.05) is 18.2 Å². The topological polar surface area (TPSA) is 29.3 Å². The van der Waals surface area contributed by atoms with Crippen LogP contribution in [-0.2, 0) is 6.42 Å². The third-order valence-corrected chi connectivity index (χ3v) is 3.68. The van der Waals surface area contributed by atoms with Crippen LogP contribution < -0.4 is 5.32 Å². The highest BCUT2D eigenvalue weighted by atomic mass is 15.1. The number of nitrogens with one attached hydrogen (secondary N) is 1. The summed E-state index contributed by atoms with van der Waals surface area (Å²) >= 11 is 0. The van der Waals surface area contributed by atoms with E-state index in [2.05, 4.69) is 46.7 Å². The van der Waals surface area contributed by atoms with E-state index in [1.807, 2.05) is 0 Å². The van der Waals surface area contributed by atoms with Crippen LogP contribution >= 0.6 is 0 Å². The molecule has 2 aromatic heterocycles. The van der Waals surface area contributed by atoms with E-state index in [9.17, 15) is 0 Å². The van der Waals surface area contributed by atoms with Gasteiger partial charge in [-0.1, -0.05) is 13.0 Å². The Morgan fingerprint density at radius 1 is 1.47 bits per heavy atom. The lowest BCUT2D eigenvalue weighted by molar-refractivity contribution is 0.614. The summed E-state index contributed by atoms with van der Waals surface area (Å²) in [6.45, 7) is 5.41. The molecule has 90 valence electrons. The molecule has 1 atom stereocenters. The highest BCUT2D eigenvalue weighted by molar-refractivity contribution is 5.54. The van der Waals surface area contributed by atoms with E-state index >= 15 is 0 Å². The van der Waals surface area contributed by atoms with Crippen molar-refractivity contribution in [2.45, 2.75) is 39.2 Å². The maximum absolute atomic E-state index is 4.68. The highest BCUT2D eigenvalue weighted by Gasteiger charge is 2.20. The van der Waals surface area contributed by atoms with Crippen molar-refractivity contribution in [2.24, 2.45) is 0 Å². The molecule has 1 aliphatic heterocycles. The number of aromatic nitrogens is 2. The van der Waals surface area contributed by atoms with E-state index in [-0.39, 0.29) is 0 Å². The number of imidazole rings is 1. The largest absolute Gasteiger partial charge is 0.309 e. The van der Waals surface area contributed by atoms with Crippen LogP contribution in [0, 0.1) is 6.92 Å². The molecule has 0 radical (unpaired) electrons. The third-order valence-electron chi connectivity index (χ3n) is 3.68. The number of hydrogen-bond acceptors (Lipinski definition) is 2. The first-order chi connectivity index (χ1) is 8.31. The first-order valence-electron chi connectivity index (χ1n) is 6.51. The van der Waals surface area contributed by atoms with Crippen LogP contribution in [0.15, 0.2) is 18.2 Å². The summed E-state index contributed by atoms with van der Waals surface area (Å²) in [5.74, 6) is 1.18. The van der Waals surface area contributed by atoms with E-state index in [1.54, 1.807) is 0 Å². The molecular formula is C14H19N3. The van der Waals surface area contributed by atoms with Crippen LogP contribution in [0.2, 0.25) is 0 Å². The number of fused-ring (bicyclic) bond motifs is 1. The van der Waals surface area contributed by atoms with Crippen LogP contribution in [0.3, 0.4) is 0 Å². The van der Waals surface area contributed by atoms with E-state index < -0.39 is 0 Å². The molecule has 1 aliphatic rings. The maximum Gasteiger partial charge on any atom is 0.113 e. The predicted octanol–water partition coefficient (Wildman–Crippen LogP) is 2.63. The summed E-state index contributed by atoms with van der Waals surface area (Å²) in [4.78, 5) is 4.68. The molecule has 0 saturated carbocycles. The van der Waals surface area contributed by atoms with Crippen LogP contribution in [0.1, 0.15) is 43.0 Å². The molecular weight excluding hydrogens is 210 g/mol. The molecule has 3 heterocycles. The first-order valence-corrected chi connectivity index (χ1v) is 6.51. The van der Waals surface area contributed by atoms with Crippen LogP contribution in [0.5, 0.6) is 0 Å². The fourth-order valence-electron chi connectivity index (χ4n) is 2.84. The molecule has 1 saturated heterocycles. The van der Waals surface area contributed by atoms with Gasteiger partial charge in [-0.25, -0.2) is 4.98 Å². The molecule has 1 unspecified atom stereocenters. The summed E-state index contributed by atoms with van der Waals surface area (Å²) in [5.41, 5.74) is 3.77. The lowest BCUT2D eigenvalue weighted by atomic mass is 10.1. The molecule has 0 aromatic carbocycles.